The van der Waals surface area contributed by atoms with E-state index in [0.717, 1.165) is 24.8 Å². The Labute approximate surface area is 145 Å². The molecule has 1 amide bonds. The second-order valence-electron chi connectivity index (χ2n) is 6.62. The van der Waals surface area contributed by atoms with Crippen LogP contribution < -0.4 is 0 Å². The molecular weight excluding hydrogens is 322 g/mol. The van der Waals surface area contributed by atoms with E-state index in [1.165, 1.54) is 0 Å². The summed E-state index contributed by atoms with van der Waals surface area (Å²) in [5.41, 5.74) is 1.11. The van der Waals surface area contributed by atoms with Crippen molar-refractivity contribution < 1.29 is 19.2 Å². The molecule has 0 unspecified atom stereocenters. The largest absolute Gasteiger partial charge is 0.393 e. The van der Waals surface area contributed by atoms with Crippen LogP contribution in [0, 0.1) is 5.92 Å². The fourth-order valence-corrected chi connectivity index (χ4v) is 3.82. The Bertz CT molecular complexity index is 733. The van der Waals surface area contributed by atoms with Crippen LogP contribution >= 0.6 is 0 Å². The van der Waals surface area contributed by atoms with E-state index in [-0.39, 0.29) is 29.7 Å². The first-order valence-electron chi connectivity index (χ1n) is 8.68. The summed E-state index contributed by atoms with van der Waals surface area (Å²) in [6, 6.07) is 5.16. The van der Waals surface area contributed by atoms with Gasteiger partial charge in [0.15, 0.2) is 11.5 Å². The van der Waals surface area contributed by atoms with Gasteiger partial charge >= 0.3 is 0 Å². The van der Waals surface area contributed by atoms with E-state index in [2.05, 4.69) is 10.1 Å². The highest BCUT2D eigenvalue weighted by molar-refractivity contribution is 5.93. The van der Waals surface area contributed by atoms with E-state index in [4.69, 9.17) is 9.26 Å². The van der Waals surface area contributed by atoms with Gasteiger partial charge in [0.05, 0.1) is 25.4 Å². The van der Waals surface area contributed by atoms with Gasteiger partial charge in [-0.15, -0.1) is 0 Å². The summed E-state index contributed by atoms with van der Waals surface area (Å²) in [6.45, 7) is 1.47. The van der Waals surface area contributed by atoms with Crippen LogP contribution in [0.3, 0.4) is 0 Å². The van der Waals surface area contributed by atoms with Crippen LogP contribution in [0.5, 0.6) is 0 Å². The van der Waals surface area contributed by atoms with Crippen LogP contribution in [0.1, 0.15) is 29.8 Å². The molecule has 4 rings (SSSR count). The molecule has 3 atom stereocenters. The zero-order valence-electron chi connectivity index (χ0n) is 13.9. The second kappa shape index (κ2) is 6.93. The van der Waals surface area contributed by atoms with Crippen molar-refractivity contribution in [2.75, 3.05) is 19.8 Å². The maximum atomic E-state index is 13.0. The van der Waals surface area contributed by atoms with E-state index in [9.17, 15) is 9.90 Å². The van der Waals surface area contributed by atoms with E-state index in [1.54, 1.807) is 35.5 Å². The van der Waals surface area contributed by atoms with Crippen LogP contribution in [-0.4, -0.2) is 58.0 Å². The van der Waals surface area contributed by atoms with Crippen molar-refractivity contribution in [2.45, 2.75) is 31.4 Å². The first kappa shape index (κ1) is 16.2. The number of morpholine rings is 1. The molecule has 0 radical (unpaired) electrons. The van der Waals surface area contributed by atoms with Crippen molar-refractivity contribution in [1.82, 2.24) is 15.0 Å². The number of carbonyl (C=O) groups is 1. The van der Waals surface area contributed by atoms with Crippen LogP contribution in [0.15, 0.2) is 35.1 Å². The molecule has 1 aliphatic heterocycles. The van der Waals surface area contributed by atoms with E-state index in [1.807, 2.05) is 0 Å². The lowest BCUT2D eigenvalue weighted by Crippen LogP contribution is -2.53. The number of hydrogen-bond donors (Lipinski definition) is 1. The Morgan fingerprint density at radius 2 is 2.12 bits per heavy atom. The molecule has 7 heteroatoms. The summed E-state index contributed by atoms with van der Waals surface area (Å²) >= 11 is 0. The Balaban J connectivity index is 1.55. The molecule has 1 saturated heterocycles. The molecule has 0 spiro atoms. The number of amides is 1. The molecule has 1 N–H and O–H groups in total. The van der Waals surface area contributed by atoms with Crippen molar-refractivity contribution in [3.63, 3.8) is 0 Å². The number of aliphatic hydroxyl groups is 1. The third kappa shape index (κ3) is 3.17. The third-order valence-corrected chi connectivity index (χ3v) is 5.15. The van der Waals surface area contributed by atoms with Gasteiger partial charge in [-0.2, -0.15) is 0 Å². The van der Waals surface area contributed by atoms with E-state index < -0.39 is 0 Å². The van der Waals surface area contributed by atoms with Gasteiger partial charge in [0.25, 0.3) is 5.91 Å². The standard InChI is InChI=1S/C18H21N3O4/c22-16-3-1-2-13(16)15-11-24-9-8-21(15)18(23)14-10-17(25-20-14)12-4-6-19-7-5-12/h4-7,10,13,15-16,22H,1-3,8-9,11H2/t13-,15+,16+/m0/s1. The lowest BCUT2D eigenvalue weighted by molar-refractivity contribution is -0.0386. The number of aromatic nitrogens is 2. The Morgan fingerprint density at radius 3 is 2.88 bits per heavy atom. The lowest BCUT2D eigenvalue weighted by atomic mass is 9.94. The number of nitrogens with zero attached hydrogens (tertiary/aromatic N) is 3. The summed E-state index contributed by atoms with van der Waals surface area (Å²) in [5, 5.41) is 14.2. The average molecular weight is 343 g/mol. The van der Waals surface area contributed by atoms with Gasteiger partial charge in [-0.3, -0.25) is 9.78 Å². The monoisotopic (exact) mass is 343 g/mol. The van der Waals surface area contributed by atoms with Gasteiger partial charge in [0.2, 0.25) is 0 Å². The highest BCUT2D eigenvalue weighted by Crippen LogP contribution is 2.33. The molecule has 7 nitrogen and oxygen atoms in total. The van der Waals surface area contributed by atoms with Crippen molar-refractivity contribution in [1.29, 1.82) is 0 Å². The zero-order chi connectivity index (χ0) is 17.2. The number of carbonyl (C=O) groups excluding carboxylic acids is 1. The molecule has 2 aromatic heterocycles. The fraction of sp³-hybridized carbons (Fsp3) is 0.500. The molecule has 2 fully saturated rings. The molecule has 2 aliphatic rings. The van der Waals surface area contributed by atoms with Gasteiger partial charge in [-0.25, -0.2) is 0 Å². The first-order chi connectivity index (χ1) is 12.2. The van der Waals surface area contributed by atoms with Crippen molar-refractivity contribution in [3.8, 4) is 11.3 Å². The molecule has 132 valence electrons. The van der Waals surface area contributed by atoms with Crippen LogP contribution in [0.4, 0.5) is 0 Å². The molecule has 0 bridgehead atoms. The van der Waals surface area contributed by atoms with Gasteiger partial charge in [-0.05, 0) is 25.0 Å². The normalized spacial score (nSPS) is 26.8. The topological polar surface area (TPSA) is 88.7 Å². The first-order valence-corrected chi connectivity index (χ1v) is 8.68. The summed E-state index contributed by atoms with van der Waals surface area (Å²) < 4.78 is 10.9. The minimum Gasteiger partial charge on any atom is -0.393 e. The molecule has 25 heavy (non-hydrogen) atoms. The Hall–Kier alpha value is -2.25. The minimum absolute atomic E-state index is 0.0656. The van der Waals surface area contributed by atoms with Crippen molar-refractivity contribution in [2.24, 2.45) is 5.92 Å². The third-order valence-electron chi connectivity index (χ3n) is 5.15. The average Bonchev–Trinajstić information content (AvgIpc) is 3.31. The van der Waals surface area contributed by atoms with Gasteiger partial charge < -0.3 is 19.3 Å². The summed E-state index contributed by atoms with van der Waals surface area (Å²) in [4.78, 5) is 18.7. The molecule has 1 aliphatic carbocycles. The lowest BCUT2D eigenvalue weighted by Gasteiger charge is -2.39. The number of hydrogen-bond acceptors (Lipinski definition) is 6. The summed E-state index contributed by atoms with van der Waals surface area (Å²) in [7, 11) is 0. The number of ether oxygens (including phenoxy) is 1. The SMILES string of the molecule is O=C(c1cc(-c2ccncc2)on1)N1CCOC[C@@H]1[C@@H]1CCC[C@H]1O. The van der Waals surface area contributed by atoms with Gasteiger partial charge in [0, 0.05) is 36.5 Å². The molecule has 1 saturated carbocycles. The number of rotatable bonds is 3. The van der Waals surface area contributed by atoms with Gasteiger partial charge in [0.1, 0.15) is 0 Å². The quantitative estimate of drug-likeness (QED) is 0.913. The molecule has 0 aromatic carbocycles. The van der Waals surface area contributed by atoms with Crippen LogP contribution in [0.2, 0.25) is 0 Å². The van der Waals surface area contributed by atoms with E-state index in [0.29, 0.717) is 25.5 Å². The number of pyridine rings is 1. The van der Waals surface area contributed by atoms with Crippen LogP contribution in [0.25, 0.3) is 11.3 Å². The zero-order valence-corrected chi connectivity index (χ0v) is 13.9. The second-order valence-corrected chi connectivity index (χ2v) is 6.62. The maximum absolute atomic E-state index is 13.0. The Kier molecular flexibility index (Phi) is 4.50. The van der Waals surface area contributed by atoms with E-state index >= 15 is 0 Å². The number of aliphatic hydroxyl groups excluding tert-OH is 1. The van der Waals surface area contributed by atoms with Gasteiger partial charge in [-0.1, -0.05) is 11.6 Å². The molecule has 3 heterocycles. The summed E-state index contributed by atoms with van der Waals surface area (Å²) in [5.74, 6) is 0.434. The smallest absolute Gasteiger partial charge is 0.276 e. The Morgan fingerprint density at radius 1 is 1.28 bits per heavy atom. The highest BCUT2D eigenvalue weighted by Gasteiger charge is 2.40. The fourth-order valence-electron chi connectivity index (χ4n) is 3.82. The van der Waals surface area contributed by atoms with Crippen LogP contribution in [-0.2, 0) is 4.74 Å². The predicted molar refractivity (Wildman–Crippen MR) is 88.7 cm³/mol. The van der Waals surface area contributed by atoms with Crippen molar-refractivity contribution in [3.05, 3.63) is 36.3 Å². The van der Waals surface area contributed by atoms with Crippen molar-refractivity contribution >= 4 is 5.91 Å². The summed E-state index contributed by atoms with van der Waals surface area (Å²) in [6.07, 6.45) is 5.66. The molecular formula is C18H21N3O4. The highest BCUT2D eigenvalue weighted by atomic mass is 16.5. The maximum Gasteiger partial charge on any atom is 0.276 e. The minimum atomic E-state index is -0.369. The molecule has 2 aromatic rings. The predicted octanol–water partition coefficient (Wildman–Crippen LogP) is 1.74.